The van der Waals surface area contributed by atoms with E-state index in [0.29, 0.717) is 32.8 Å². The Labute approximate surface area is 107 Å². The normalized spacial score (nSPS) is 15.7. The molecule has 98 valence electrons. The molecule has 0 unspecified atom stereocenters. The first-order chi connectivity index (χ1) is 8.86. The van der Waals surface area contributed by atoms with Crippen molar-refractivity contribution in [1.82, 2.24) is 15.2 Å². The van der Waals surface area contributed by atoms with Crippen LogP contribution in [0.15, 0.2) is 24.5 Å². The van der Waals surface area contributed by atoms with Gasteiger partial charge in [-0.3, -0.25) is 9.78 Å². The van der Waals surface area contributed by atoms with E-state index in [1.165, 1.54) is 5.56 Å². The van der Waals surface area contributed by atoms with Crippen LogP contribution in [0, 0.1) is 0 Å². The minimum atomic E-state index is 0.160. The first kappa shape index (κ1) is 13.0. The smallest absolute Gasteiger partial charge is 0.236 e. The minimum absolute atomic E-state index is 0.160. The van der Waals surface area contributed by atoms with Crippen LogP contribution in [0.1, 0.15) is 5.56 Å². The molecule has 1 amide bonds. The number of nitrogens with one attached hydrogen (secondary N) is 1. The Morgan fingerprint density at radius 1 is 1.33 bits per heavy atom. The SMILES string of the molecule is O=C(CNCCc1ccncc1)N1CCOCC1. The molecule has 0 radical (unpaired) electrons. The van der Waals surface area contributed by atoms with Gasteiger partial charge < -0.3 is 15.0 Å². The van der Waals surface area contributed by atoms with E-state index in [1.807, 2.05) is 17.0 Å². The maximum Gasteiger partial charge on any atom is 0.236 e. The molecule has 2 heterocycles. The molecule has 1 N–H and O–H groups in total. The second kappa shape index (κ2) is 7.08. The Bertz CT molecular complexity index is 364. The molecule has 0 saturated carbocycles. The number of nitrogens with zero attached hydrogens (tertiary/aromatic N) is 2. The van der Waals surface area contributed by atoms with Crippen LogP contribution >= 0.6 is 0 Å². The lowest BCUT2D eigenvalue weighted by atomic mass is 10.2. The van der Waals surface area contributed by atoms with E-state index in [2.05, 4.69) is 10.3 Å². The van der Waals surface area contributed by atoms with Gasteiger partial charge in [-0.15, -0.1) is 0 Å². The summed E-state index contributed by atoms with van der Waals surface area (Å²) in [5.74, 6) is 0.160. The van der Waals surface area contributed by atoms with Gasteiger partial charge in [-0.2, -0.15) is 0 Å². The van der Waals surface area contributed by atoms with Crippen molar-refractivity contribution >= 4 is 5.91 Å². The lowest BCUT2D eigenvalue weighted by Gasteiger charge is -2.26. The Hall–Kier alpha value is -1.46. The highest BCUT2D eigenvalue weighted by molar-refractivity contribution is 5.78. The fourth-order valence-electron chi connectivity index (χ4n) is 1.90. The molecule has 5 heteroatoms. The zero-order chi connectivity index (χ0) is 12.6. The van der Waals surface area contributed by atoms with E-state index in [4.69, 9.17) is 4.74 Å². The van der Waals surface area contributed by atoms with Crippen molar-refractivity contribution in [2.75, 3.05) is 39.4 Å². The quantitative estimate of drug-likeness (QED) is 0.751. The van der Waals surface area contributed by atoms with Crippen LogP contribution in [-0.4, -0.2) is 55.2 Å². The van der Waals surface area contributed by atoms with E-state index < -0.39 is 0 Å². The van der Waals surface area contributed by atoms with E-state index in [0.717, 1.165) is 13.0 Å². The number of hydrogen-bond donors (Lipinski definition) is 1. The fourth-order valence-corrected chi connectivity index (χ4v) is 1.90. The number of carbonyl (C=O) groups excluding carboxylic acids is 1. The molecule has 0 aliphatic carbocycles. The van der Waals surface area contributed by atoms with E-state index in [9.17, 15) is 4.79 Å². The first-order valence-electron chi connectivity index (χ1n) is 6.31. The van der Waals surface area contributed by atoms with Gasteiger partial charge in [0.25, 0.3) is 0 Å². The molecule has 18 heavy (non-hydrogen) atoms. The third kappa shape index (κ3) is 4.09. The summed E-state index contributed by atoms with van der Waals surface area (Å²) in [4.78, 5) is 17.6. The molecule has 0 atom stereocenters. The van der Waals surface area contributed by atoms with Crippen LogP contribution in [0.4, 0.5) is 0 Å². The molecule has 0 bridgehead atoms. The van der Waals surface area contributed by atoms with E-state index in [-0.39, 0.29) is 5.91 Å². The first-order valence-corrected chi connectivity index (χ1v) is 6.31. The van der Waals surface area contributed by atoms with Gasteiger partial charge in [0.1, 0.15) is 0 Å². The third-order valence-electron chi connectivity index (χ3n) is 2.98. The van der Waals surface area contributed by atoms with Gasteiger partial charge in [0.15, 0.2) is 0 Å². The van der Waals surface area contributed by atoms with Crippen LogP contribution in [0.2, 0.25) is 0 Å². The summed E-state index contributed by atoms with van der Waals surface area (Å²) >= 11 is 0. The molecule has 1 saturated heterocycles. The second-order valence-electron chi connectivity index (χ2n) is 4.28. The molecule has 1 fully saturated rings. The standard InChI is InChI=1S/C13H19N3O2/c17-13(16-7-9-18-10-8-16)11-15-6-3-12-1-4-14-5-2-12/h1-2,4-5,15H,3,6-11H2. The van der Waals surface area contributed by atoms with Crippen molar-refractivity contribution < 1.29 is 9.53 Å². The molecule has 1 aromatic heterocycles. The maximum absolute atomic E-state index is 11.8. The Kier molecular flexibility index (Phi) is 5.11. The molecule has 1 aliphatic rings. The number of hydrogen-bond acceptors (Lipinski definition) is 4. The van der Waals surface area contributed by atoms with Crippen LogP contribution in [0.25, 0.3) is 0 Å². The molecular weight excluding hydrogens is 230 g/mol. The molecule has 2 rings (SSSR count). The van der Waals surface area contributed by atoms with Crippen LogP contribution in [-0.2, 0) is 16.0 Å². The minimum Gasteiger partial charge on any atom is -0.378 e. The molecule has 0 aromatic carbocycles. The van der Waals surface area contributed by atoms with Gasteiger partial charge in [-0.05, 0) is 30.7 Å². The Morgan fingerprint density at radius 3 is 2.78 bits per heavy atom. The number of pyridine rings is 1. The summed E-state index contributed by atoms with van der Waals surface area (Å²) in [5.41, 5.74) is 1.23. The summed E-state index contributed by atoms with van der Waals surface area (Å²) in [6.45, 7) is 3.95. The van der Waals surface area contributed by atoms with Crippen LogP contribution in [0.3, 0.4) is 0 Å². The Morgan fingerprint density at radius 2 is 2.06 bits per heavy atom. The van der Waals surface area contributed by atoms with Crippen molar-refractivity contribution in [2.45, 2.75) is 6.42 Å². The summed E-state index contributed by atoms with van der Waals surface area (Å²) < 4.78 is 5.21. The number of aromatic nitrogens is 1. The maximum atomic E-state index is 11.8. The van der Waals surface area contributed by atoms with Crippen molar-refractivity contribution in [2.24, 2.45) is 0 Å². The average Bonchev–Trinajstić information content (AvgIpc) is 2.45. The zero-order valence-electron chi connectivity index (χ0n) is 10.5. The lowest BCUT2D eigenvalue weighted by molar-refractivity contribution is -0.134. The second-order valence-corrected chi connectivity index (χ2v) is 4.28. The monoisotopic (exact) mass is 249 g/mol. The molecular formula is C13H19N3O2. The van der Waals surface area contributed by atoms with Gasteiger partial charge in [-0.25, -0.2) is 0 Å². The summed E-state index contributed by atoms with van der Waals surface area (Å²) in [5, 5.41) is 3.18. The lowest BCUT2D eigenvalue weighted by Crippen LogP contribution is -2.44. The number of amides is 1. The highest BCUT2D eigenvalue weighted by Crippen LogP contribution is 1.98. The van der Waals surface area contributed by atoms with E-state index in [1.54, 1.807) is 12.4 Å². The highest BCUT2D eigenvalue weighted by atomic mass is 16.5. The molecule has 0 spiro atoms. The molecule has 1 aliphatic heterocycles. The van der Waals surface area contributed by atoms with Gasteiger partial charge in [0.2, 0.25) is 5.91 Å². The third-order valence-corrected chi connectivity index (χ3v) is 2.98. The van der Waals surface area contributed by atoms with E-state index >= 15 is 0 Å². The van der Waals surface area contributed by atoms with Gasteiger partial charge >= 0.3 is 0 Å². The Balaban J connectivity index is 1.61. The summed E-state index contributed by atoms with van der Waals surface area (Å²) in [6.07, 6.45) is 4.49. The summed E-state index contributed by atoms with van der Waals surface area (Å²) in [6, 6.07) is 3.98. The highest BCUT2D eigenvalue weighted by Gasteiger charge is 2.15. The number of rotatable bonds is 5. The number of ether oxygens (including phenoxy) is 1. The topological polar surface area (TPSA) is 54.5 Å². The number of morpholine rings is 1. The van der Waals surface area contributed by atoms with Crippen LogP contribution in [0.5, 0.6) is 0 Å². The average molecular weight is 249 g/mol. The van der Waals surface area contributed by atoms with Crippen molar-refractivity contribution in [3.05, 3.63) is 30.1 Å². The van der Waals surface area contributed by atoms with Crippen molar-refractivity contribution in [3.63, 3.8) is 0 Å². The predicted molar refractivity (Wildman–Crippen MR) is 68.2 cm³/mol. The van der Waals surface area contributed by atoms with Gasteiger partial charge in [-0.1, -0.05) is 0 Å². The zero-order valence-corrected chi connectivity index (χ0v) is 10.5. The van der Waals surface area contributed by atoms with Gasteiger partial charge in [0, 0.05) is 25.5 Å². The predicted octanol–water partition coefficient (Wildman–Crippen LogP) is 0.0725. The molecule has 1 aromatic rings. The van der Waals surface area contributed by atoms with Crippen molar-refractivity contribution in [1.29, 1.82) is 0 Å². The molecule has 5 nitrogen and oxygen atoms in total. The van der Waals surface area contributed by atoms with Gasteiger partial charge in [0.05, 0.1) is 19.8 Å². The summed E-state index contributed by atoms with van der Waals surface area (Å²) in [7, 11) is 0. The largest absolute Gasteiger partial charge is 0.378 e. The number of carbonyl (C=O) groups is 1. The van der Waals surface area contributed by atoms with Crippen molar-refractivity contribution in [3.8, 4) is 0 Å². The van der Waals surface area contributed by atoms with Crippen LogP contribution < -0.4 is 5.32 Å². The fraction of sp³-hybridized carbons (Fsp3) is 0.538.